The molecule has 1 heterocycles. The summed E-state index contributed by atoms with van der Waals surface area (Å²) < 4.78 is 0. The summed E-state index contributed by atoms with van der Waals surface area (Å²) in [6.45, 7) is 0. The maximum absolute atomic E-state index is 12.6. The number of nitrogens with one attached hydrogen (secondary N) is 1. The standard InChI is InChI=1S/C19H15ClN2O/c20-14-5-3-4-12(8-14)13-9-18-15(19(23)10-13)11-21-16-6-1-2-7-17(16)22-18/h1-8,11,13,22H,9-10H2. The zero-order valence-corrected chi connectivity index (χ0v) is 13.2. The van der Waals surface area contributed by atoms with Crippen LogP contribution in [0.25, 0.3) is 0 Å². The smallest absolute Gasteiger partial charge is 0.166 e. The molecule has 0 radical (unpaired) electrons. The van der Waals surface area contributed by atoms with E-state index >= 15 is 0 Å². The molecule has 114 valence electrons. The number of aliphatic imine (C=N–C) groups is 1. The zero-order chi connectivity index (χ0) is 15.8. The molecule has 1 atom stereocenters. The number of Topliss-reactive ketones (excluding diaryl/α,β-unsaturated/α-hetero) is 1. The van der Waals surface area contributed by atoms with E-state index in [0.717, 1.165) is 29.1 Å². The Labute approximate surface area is 139 Å². The summed E-state index contributed by atoms with van der Waals surface area (Å²) in [5.74, 6) is 0.270. The van der Waals surface area contributed by atoms with Crippen molar-refractivity contribution in [1.29, 1.82) is 0 Å². The minimum absolute atomic E-state index is 0.125. The van der Waals surface area contributed by atoms with Crippen LogP contribution in [0.3, 0.4) is 0 Å². The maximum Gasteiger partial charge on any atom is 0.166 e. The average molecular weight is 323 g/mol. The lowest BCUT2D eigenvalue weighted by Crippen LogP contribution is -2.22. The van der Waals surface area contributed by atoms with Gasteiger partial charge >= 0.3 is 0 Å². The van der Waals surface area contributed by atoms with E-state index in [9.17, 15) is 4.79 Å². The Morgan fingerprint density at radius 2 is 1.96 bits per heavy atom. The van der Waals surface area contributed by atoms with Gasteiger partial charge in [0.25, 0.3) is 0 Å². The fourth-order valence-electron chi connectivity index (χ4n) is 3.18. The van der Waals surface area contributed by atoms with Crippen LogP contribution in [0.4, 0.5) is 11.4 Å². The van der Waals surface area contributed by atoms with Gasteiger partial charge in [0.1, 0.15) is 0 Å². The largest absolute Gasteiger partial charge is 0.356 e. The molecule has 1 unspecified atom stereocenters. The molecular formula is C19H15ClN2O. The number of carbonyl (C=O) groups excluding carboxylic acids is 1. The number of nitrogens with zero attached hydrogens (tertiary/aromatic N) is 1. The first-order valence-electron chi connectivity index (χ1n) is 7.62. The van der Waals surface area contributed by atoms with Gasteiger partial charge in [-0.15, -0.1) is 0 Å². The predicted molar refractivity (Wildman–Crippen MR) is 93.7 cm³/mol. The zero-order valence-electron chi connectivity index (χ0n) is 12.4. The lowest BCUT2D eigenvalue weighted by atomic mass is 9.82. The van der Waals surface area contributed by atoms with Crippen molar-refractivity contribution in [3.63, 3.8) is 0 Å². The van der Waals surface area contributed by atoms with Crippen LogP contribution < -0.4 is 5.32 Å². The number of hydrogen-bond acceptors (Lipinski definition) is 3. The summed E-state index contributed by atoms with van der Waals surface area (Å²) in [7, 11) is 0. The van der Waals surface area contributed by atoms with Crippen molar-refractivity contribution >= 4 is 35.0 Å². The van der Waals surface area contributed by atoms with Gasteiger partial charge in [0.15, 0.2) is 5.78 Å². The summed E-state index contributed by atoms with van der Waals surface area (Å²) in [5.41, 5.74) is 4.54. The molecule has 0 fully saturated rings. The van der Waals surface area contributed by atoms with Crippen molar-refractivity contribution in [2.75, 3.05) is 5.32 Å². The van der Waals surface area contributed by atoms with Gasteiger partial charge in [-0.25, -0.2) is 0 Å². The van der Waals surface area contributed by atoms with Crippen LogP contribution in [0.2, 0.25) is 5.02 Å². The lowest BCUT2D eigenvalue weighted by molar-refractivity contribution is -0.115. The predicted octanol–water partition coefficient (Wildman–Crippen LogP) is 4.87. The first-order valence-corrected chi connectivity index (χ1v) is 8.00. The summed E-state index contributed by atoms with van der Waals surface area (Å²) in [5, 5.41) is 4.11. The molecule has 4 rings (SSSR count). The number of allylic oxidation sites excluding steroid dienone is 2. The van der Waals surface area contributed by atoms with Gasteiger partial charge in [-0.2, -0.15) is 0 Å². The van der Waals surface area contributed by atoms with Crippen LogP contribution in [0, 0.1) is 0 Å². The third-order valence-corrected chi connectivity index (χ3v) is 4.59. The average Bonchev–Trinajstić information content (AvgIpc) is 2.74. The first-order chi connectivity index (χ1) is 11.2. The van der Waals surface area contributed by atoms with E-state index in [1.807, 2.05) is 48.5 Å². The van der Waals surface area contributed by atoms with E-state index in [2.05, 4.69) is 10.3 Å². The summed E-state index contributed by atoms with van der Waals surface area (Å²) in [6, 6.07) is 15.6. The third kappa shape index (κ3) is 2.68. The van der Waals surface area contributed by atoms with Gasteiger partial charge in [0, 0.05) is 23.4 Å². The van der Waals surface area contributed by atoms with Crippen LogP contribution in [0.5, 0.6) is 0 Å². The van der Waals surface area contributed by atoms with Crippen LogP contribution in [-0.4, -0.2) is 12.0 Å². The molecule has 0 aromatic heterocycles. The van der Waals surface area contributed by atoms with Crippen LogP contribution in [0.1, 0.15) is 24.3 Å². The van der Waals surface area contributed by atoms with Crippen molar-refractivity contribution in [1.82, 2.24) is 0 Å². The molecule has 1 N–H and O–H groups in total. The summed E-state index contributed by atoms with van der Waals surface area (Å²) >= 11 is 6.10. The number of rotatable bonds is 1. The van der Waals surface area contributed by atoms with Crippen molar-refractivity contribution in [3.05, 3.63) is 70.4 Å². The minimum Gasteiger partial charge on any atom is -0.356 e. The Balaban J connectivity index is 1.70. The number of hydrogen-bond donors (Lipinski definition) is 1. The lowest BCUT2D eigenvalue weighted by Gasteiger charge is -2.25. The van der Waals surface area contributed by atoms with Crippen molar-refractivity contribution < 1.29 is 4.79 Å². The fraction of sp³-hybridized carbons (Fsp3) is 0.158. The molecule has 0 amide bonds. The highest BCUT2D eigenvalue weighted by atomic mass is 35.5. The van der Waals surface area contributed by atoms with Crippen LogP contribution in [0.15, 0.2) is 64.8 Å². The van der Waals surface area contributed by atoms with E-state index in [1.165, 1.54) is 0 Å². The molecular weight excluding hydrogens is 308 g/mol. The van der Waals surface area contributed by atoms with Gasteiger partial charge in [-0.1, -0.05) is 35.9 Å². The second kappa shape index (κ2) is 5.67. The number of anilines is 1. The van der Waals surface area contributed by atoms with E-state index in [1.54, 1.807) is 6.21 Å². The summed E-state index contributed by atoms with van der Waals surface area (Å²) in [6.07, 6.45) is 2.97. The molecule has 2 aliphatic rings. The summed E-state index contributed by atoms with van der Waals surface area (Å²) in [4.78, 5) is 17.0. The first kappa shape index (κ1) is 14.2. The molecule has 0 bridgehead atoms. The Hall–Kier alpha value is -2.39. The number of fused-ring (bicyclic) bond motifs is 1. The maximum atomic E-state index is 12.6. The molecule has 4 heteroatoms. The Morgan fingerprint density at radius 3 is 2.83 bits per heavy atom. The third-order valence-electron chi connectivity index (χ3n) is 4.35. The molecule has 1 aliphatic heterocycles. The van der Waals surface area contributed by atoms with Gasteiger partial charge in [0.05, 0.1) is 16.9 Å². The molecule has 23 heavy (non-hydrogen) atoms. The van der Waals surface area contributed by atoms with Gasteiger partial charge < -0.3 is 5.32 Å². The van der Waals surface area contributed by atoms with Gasteiger partial charge in [0.2, 0.25) is 0 Å². The Bertz CT molecular complexity index is 854. The van der Waals surface area contributed by atoms with Crippen LogP contribution in [-0.2, 0) is 4.79 Å². The van der Waals surface area contributed by atoms with E-state index in [4.69, 9.17) is 11.6 Å². The SMILES string of the molecule is O=C1CC(c2cccc(Cl)c2)CC2=C1C=Nc1ccccc1N2. The Morgan fingerprint density at radius 1 is 1.09 bits per heavy atom. The number of benzene rings is 2. The molecule has 0 spiro atoms. The monoisotopic (exact) mass is 322 g/mol. The normalized spacial score (nSPS) is 19.7. The van der Waals surface area contributed by atoms with Crippen molar-refractivity contribution in [2.45, 2.75) is 18.8 Å². The number of ketones is 1. The fourth-order valence-corrected chi connectivity index (χ4v) is 3.38. The van der Waals surface area contributed by atoms with E-state index < -0.39 is 0 Å². The highest BCUT2D eigenvalue weighted by Gasteiger charge is 2.29. The number of para-hydroxylation sites is 2. The van der Waals surface area contributed by atoms with E-state index in [0.29, 0.717) is 17.0 Å². The van der Waals surface area contributed by atoms with Crippen LogP contribution >= 0.6 is 11.6 Å². The molecule has 3 nitrogen and oxygen atoms in total. The topological polar surface area (TPSA) is 41.5 Å². The van der Waals surface area contributed by atoms with Gasteiger partial charge in [-0.3, -0.25) is 9.79 Å². The number of carbonyl (C=O) groups is 1. The van der Waals surface area contributed by atoms with Crippen molar-refractivity contribution in [2.24, 2.45) is 4.99 Å². The van der Waals surface area contributed by atoms with E-state index in [-0.39, 0.29) is 11.7 Å². The molecule has 1 aliphatic carbocycles. The highest BCUT2D eigenvalue weighted by molar-refractivity contribution is 6.30. The second-order valence-corrected chi connectivity index (χ2v) is 6.31. The second-order valence-electron chi connectivity index (χ2n) is 5.88. The number of halogens is 1. The Kier molecular flexibility index (Phi) is 3.50. The van der Waals surface area contributed by atoms with Gasteiger partial charge in [-0.05, 0) is 42.2 Å². The molecule has 0 saturated heterocycles. The quantitative estimate of drug-likeness (QED) is 0.814. The molecule has 2 aromatic rings. The highest BCUT2D eigenvalue weighted by Crippen LogP contribution is 2.38. The molecule has 2 aromatic carbocycles. The minimum atomic E-state index is 0.125. The van der Waals surface area contributed by atoms with Crippen molar-refractivity contribution in [3.8, 4) is 0 Å². The molecule has 0 saturated carbocycles.